The van der Waals surface area contributed by atoms with E-state index in [-0.39, 0.29) is 0 Å². The molecule has 0 saturated carbocycles. The summed E-state index contributed by atoms with van der Waals surface area (Å²) in [5.74, 6) is 0. The van der Waals surface area contributed by atoms with Gasteiger partial charge in [0, 0.05) is 15.6 Å². The van der Waals surface area contributed by atoms with Crippen molar-refractivity contribution < 1.29 is 14.6 Å². The molecule has 0 saturated heterocycles. The number of hydrogen-bond donors (Lipinski definition) is 2. The summed E-state index contributed by atoms with van der Waals surface area (Å²) in [7, 11) is 0. The number of nitrogens with two attached hydrogens (primary N) is 1. The second kappa shape index (κ2) is 6.10. The Bertz CT molecular complexity index is 391. The second-order valence-electron chi connectivity index (χ2n) is 3.46. The number of amides is 1. The molecule has 6 heteroatoms. The number of rotatable bonds is 4. The number of carbonyl (C=O) groups excluding carboxylic acids is 1. The molecule has 0 aromatic heterocycles. The van der Waals surface area contributed by atoms with E-state index in [0.717, 1.165) is 0 Å². The third kappa shape index (κ3) is 3.49. The number of ether oxygens (including phenoxy) is 1. The van der Waals surface area contributed by atoms with Gasteiger partial charge in [-0.1, -0.05) is 36.2 Å². The molecule has 0 spiro atoms. The van der Waals surface area contributed by atoms with Crippen LogP contribution >= 0.6 is 23.2 Å². The summed E-state index contributed by atoms with van der Waals surface area (Å²) >= 11 is 11.9. The summed E-state index contributed by atoms with van der Waals surface area (Å²) in [4.78, 5) is 10.7. The molecule has 94 valence electrons. The van der Waals surface area contributed by atoms with E-state index in [4.69, 9.17) is 33.7 Å². The van der Waals surface area contributed by atoms with Crippen molar-refractivity contribution in [3.8, 4) is 0 Å². The first-order chi connectivity index (χ1) is 7.97. The van der Waals surface area contributed by atoms with Gasteiger partial charge in [-0.05, 0) is 18.6 Å². The molecule has 0 bridgehead atoms. The molecular weight excluding hydrogens is 265 g/mol. The van der Waals surface area contributed by atoms with Crippen LogP contribution in [0.15, 0.2) is 18.2 Å². The van der Waals surface area contributed by atoms with Gasteiger partial charge >= 0.3 is 6.09 Å². The van der Waals surface area contributed by atoms with Gasteiger partial charge in [0.05, 0.1) is 0 Å². The van der Waals surface area contributed by atoms with Crippen LogP contribution in [0.4, 0.5) is 4.79 Å². The minimum Gasteiger partial charge on any atom is -0.443 e. The van der Waals surface area contributed by atoms with Gasteiger partial charge in [0.15, 0.2) is 0 Å². The zero-order valence-electron chi connectivity index (χ0n) is 9.19. The van der Waals surface area contributed by atoms with Crippen LogP contribution < -0.4 is 5.73 Å². The van der Waals surface area contributed by atoms with Crippen LogP contribution in [-0.2, 0) is 4.74 Å². The largest absolute Gasteiger partial charge is 0.443 e. The molecule has 0 aliphatic rings. The molecule has 1 amide bonds. The zero-order valence-corrected chi connectivity index (χ0v) is 10.7. The van der Waals surface area contributed by atoms with Gasteiger partial charge in [-0.3, -0.25) is 0 Å². The molecule has 0 unspecified atom stereocenters. The van der Waals surface area contributed by atoms with Crippen LogP contribution in [0.5, 0.6) is 0 Å². The fourth-order valence-electron chi connectivity index (χ4n) is 1.50. The first kappa shape index (κ1) is 14.1. The van der Waals surface area contributed by atoms with Crippen LogP contribution in [0, 0.1) is 0 Å². The molecule has 4 nitrogen and oxygen atoms in total. The highest BCUT2D eigenvalue weighted by Gasteiger charge is 2.26. The van der Waals surface area contributed by atoms with Crippen molar-refractivity contribution in [1.82, 2.24) is 0 Å². The smallest absolute Gasteiger partial charge is 0.404 e. The van der Waals surface area contributed by atoms with E-state index in [1.807, 2.05) is 0 Å². The molecule has 1 rings (SSSR count). The summed E-state index contributed by atoms with van der Waals surface area (Å²) in [5.41, 5.74) is 5.26. The van der Waals surface area contributed by atoms with E-state index in [1.54, 1.807) is 25.1 Å². The topological polar surface area (TPSA) is 72.5 Å². The van der Waals surface area contributed by atoms with Gasteiger partial charge in [0.25, 0.3) is 0 Å². The fraction of sp³-hybridized carbons (Fsp3) is 0.364. The first-order valence-corrected chi connectivity index (χ1v) is 5.81. The lowest BCUT2D eigenvalue weighted by Gasteiger charge is -2.22. The average Bonchev–Trinajstić information content (AvgIpc) is 2.25. The van der Waals surface area contributed by atoms with Crippen molar-refractivity contribution in [3.63, 3.8) is 0 Å². The van der Waals surface area contributed by atoms with Crippen LogP contribution in [0.1, 0.15) is 25.0 Å². The summed E-state index contributed by atoms with van der Waals surface area (Å²) in [6, 6.07) is 4.86. The van der Waals surface area contributed by atoms with Crippen LogP contribution in [0.2, 0.25) is 10.0 Å². The SMILES string of the molecule is CC[C@H](OC(N)=O)[C@@H](O)c1c(Cl)cccc1Cl. The van der Waals surface area contributed by atoms with Crippen molar-refractivity contribution in [2.75, 3.05) is 0 Å². The lowest BCUT2D eigenvalue weighted by atomic mass is 10.0. The number of aliphatic hydroxyl groups is 1. The van der Waals surface area contributed by atoms with Gasteiger partial charge in [-0.25, -0.2) is 4.79 Å². The molecule has 0 aliphatic carbocycles. The van der Waals surface area contributed by atoms with E-state index in [9.17, 15) is 9.90 Å². The monoisotopic (exact) mass is 277 g/mol. The lowest BCUT2D eigenvalue weighted by molar-refractivity contribution is 0.00346. The highest BCUT2D eigenvalue weighted by atomic mass is 35.5. The maximum absolute atomic E-state index is 10.7. The molecular formula is C11H13Cl2NO3. The van der Waals surface area contributed by atoms with Crippen molar-refractivity contribution in [2.45, 2.75) is 25.6 Å². The number of primary amides is 1. The lowest BCUT2D eigenvalue weighted by Crippen LogP contribution is -2.28. The van der Waals surface area contributed by atoms with Gasteiger partial charge < -0.3 is 15.6 Å². The summed E-state index contributed by atoms with van der Waals surface area (Å²) < 4.78 is 4.80. The predicted molar refractivity (Wildman–Crippen MR) is 66.2 cm³/mol. The maximum atomic E-state index is 10.7. The van der Waals surface area contributed by atoms with E-state index >= 15 is 0 Å². The van der Waals surface area contributed by atoms with Gasteiger partial charge in [-0.15, -0.1) is 0 Å². The predicted octanol–water partition coefficient (Wildman–Crippen LogP) is 2.90. The number of hydrogen-bond acceptors (Lipinski definition) is 3. The van der Waals surface area contributed by atoms with E-state index < -0.39 is 18.3 Å². The van der Waals surface area contributed by atoms with E-state index in [0.29, 0.717) is 22.0 Å². The normalized spacial score (nSPS) is 14.1. The fourth-order valence-corrected chi connectivity index (χ4v) is 2.12. The Balaban J connectivity index is 3.01. The van der Waals surface area contributed by atoms with Crippen LogP contribution in [-0.4, -0.2) is 17.3 Å². The zero-order chi connectivity index (χ0) is 13.0. The van der Waals surface area contributed by atoms with E-state index in [1.165, 1.54) is 0 Å². The second-order valence-corrected chi connectivity index (χ2v) is 4.28. The number of carbonyl (C=O) groups is 1. The minimum absolute atomic E-state index is 0.316. The molecule has 0 fully saturated rings. The summed E-state index contributed by atoms with van der Waals surface area (Å²) in [6.45, 7) is 1.75. The number of aliphatic hydroxyl groups excluding tert-OH is 1. The van der Waals surface area contributed by atoms with Gasteiger partial charge in [0.1, 0.15) is 12.2 Å². The van der Waals surface area contributed by atoms with Crippen molar-refractivity contribution in [1.29, 1.82) is 0 Å². The van der Waals surface area contributed by atoms with Gasteiger partial charge in [0.2, 0.25) is 0 Å². The van der Waals surface area contributed by atoms with Gasteiger partial charge in [-0.2, -0.15) is 0 Å². The Labute approximate surface area is 109 Å². The van der Waals surface area contributed by atoms with Crippen LogP contribution in [0.3, 0.4) is 0 Å². The van der Waals surface area contributed by atoms with Crippen molar-refractivity contribution in [2.24, 2.45) is 5.73 Å². The molecule has 3 N–H and O–H groups in total. The highest BCUT2D eigenvalue weighted by Crippen LogP contribution is 2.33. The minimum atomic E-state index is -1.10. The highest BCUT2D eigenvalue weighted by molar-refractivity contribution is 6.36. The first-order valence-electron chi connectivity index (χ1n) is 5.05. The molecule has 0 heterocycles. The third-order valence-corrected chi connectivity index (χ3v) is 2.98. The summed E-state index contributed by atoms with van der Waals surface area (Å²) in [6.07, 6.45) is -2.43. The maximum Gasteiger partial charge on any atom is 0.404 e. The molecule has 0 radical (unpaired) electrons. The third-order valence-electron chi connectivity index (χ3n) is 2.32. The number of benzene rings is 1. The van der Waals surface area contributed by atoms with Crippen LogP contribution in [0.25, 0.3) is 0 Å². The molecule has 17 heavy (non-hydrogen) atoms. The Morgan fingerprint density at radius 3 is 2.41 bits per heavy atom. The Morgan fingerprint density at radius 2 is 2.00 bits per heavy atom. The average molecular weight is 278 g/mol. The van der Waals surface area contributed by atoms with E-state index in [2.05, 4.69) is 0 Å². The molecule has 1 aromatic rings. The molecule has 2 atom stereocenters. The standard InChI is InChI=1S/C11H13Cl2NO3/c1-2-8(17-11(14)16)10(15)9-6(12)4-3-5-7(9)13/h3-5,8,10,15H,2H2,1H3,(H2,14,16)/t8-,10+/m0/s1. The summed E-state index contributed by atoms with van der Waals surface area (Å²) in [5, 5.41) is 10.7. The van der Waals surface area contributed by atoms with Crippen molar-refractivity contribution in [3.05, 3.63) is 33.8 Å². The molecule has 0 aliphatic heterocycles. The van der Waals surface area contributed by atoms with Crippen molar-refractivity contribution >= 4 is 29.3 Å². The molecule has 1 aromatic carbocycles. The quantitative estimate of drug-likeness (QED) is 0.889. The Hall–Kier alpha value is -0.970. The Kier molecular flexibility index (Phi) is 5.05. The number of halogens is 2. The Morgan fingerprint density at radius 1 is 1.47 bits per heavy atom.